The van der Waals surface area contributed by atoms with E-state index in [9.17, 15) is 9.90 Å². The molecule has 1 aromatic carbocycles. The first-order chi connectivity index (χ1) is 8.93. The molecule has 0 aliphatic heterocycles. The zero-order valence-electron chi connectivity index (χ0n) is 11.6. The van der Waals surface area contributed by atoms with Crippen LogP contribution in [0.2, 0.25) is 0 Å². The second-order valence-corrected chi connectivity index (χ2v) is 4.86. The molecule has 0 saturated carbocycles. The van der Waals surface area contributed by atoms with Gasteiger partial charge in [-0.1, -0.05) is 6.07 Å². The van der Waals surface area contributed by atoms with Gasteiger partial charge in [-0.2, -0.15) is 0 Å². The lowest BCUT2D eigenvalue weighted by molar-refractivity contribution is 0.0697. The maximum Gasteiger partial charge on any atom is 0.337 e. The standard InChI is InChI=1S/C16H17NO2/c1-9-7-10(2)12(4)15(11(9)3)13-5-6-17-8-14(13)16(18)19/h5-8H,1-4H3,(H,18,19). The molecule has 0 unspecified atom stereocenters. The van der Waals surface area contributed by atoms with Crippen molar-refractivity contribution in [2.45, 2.75) is 27.7 Å². The zero-order valence-corrected chi connectivity index (χ0v) is 11.6. The van der Waals surface area contributed by atoms with E-state index in [1.807, 2.05) is 27.7 Å². The van der Waals surface area contributed by atoms with Crippen LogP contribution in [0.25, 0.3) is 11.1 Å². The quantitative estimate of drug-likeness (QED) is 0.890. The number of aryl methyl sites for hydroxylation is 2. The summed E-state index contributed by atoms with van der Waals surface area (Å²) >= 11 is 0. The number of aromatic nitrogens is 1. The third kappa shape index (κ3) is 2.24. The minimum Gasteiger partial charge on any atom is -0.478 e. The monoisotopic (exact) mass is 255 g/mol. The lowest BCUT2D eigenvalue weighted by atomic mass is 9.88. The number of nitrogens with zero attached hydrogens (tertiary/aromatic N) is 1. The Kier molecular flexibility index (Phi) is 3.38. The van der Waals surface area contributed by atoms with E-state index in [-0.39, 0.29) is 5.56 Å². The Hall–Kier alpha value is -2.16. The molecule has 1 aromatic heterocycles. The van der Waals surface area contributed by atoms with Crippen LogP contribution >= 0.6 is 0 Å². The SMILES string of the molecule is Cc1cc(C)c(C)c(-c2ccncc2C(=O)O)c1C. The summed E-state index contributed by atoms with van der Waals surface area (Å²) in [5.41, 5.74) is 6.59. The van der Waals surface area contributed by atoms with Gasteiger partial charge in [0, 0.05) is 12.4 Å². The molecule has 0 aliphatic rings. The van der Waals surface area contributed by atoms with E-state index in [2.05, 4.69) is 11.1 Å². The van der Waals surface area contributed by atoms with Crippen molar-refractivity contribution in [2.24, 2.45) is 0 Å². The molecule has 0 atom stereocenters. The largest absolute Gasteiger partial charge is 0.478 e. The molecule has 98 valence electrons. The van der Waals surface area contributed by atoms with Gasteiger partial charge in [0.15, 0.2) is 0 Å². The molecule has 0 amide bonds. The summed E-state index contributed by atoms with van der Waals surface area (Å²) < 4.78 is 0. The number of carboxylic acids is 1. The van der Waals surface area contributed by atoms with E-state index >= 15 is 0 Å². The Morgan fingerprint density at radius 2 is 1.68 bits per heavy atom. The van der Waals surface area contributed by atoms with E-state index in [1.165, 1.54) is 17.3 Å². The molecule has 0 aliphatic carbocycles. The number of aromatic carboxylic acids is 1. The molecule has 0 fully saturated rings. The number of pyridine rings is 1. The first-order valence-electron chi connectivity index (χ1n) is 6.18. The highest BCUT2D eigenvalue weighted by Crippen LogP contribution is 2.33. The zero-order chi connectivity index (χ0) is 14.2. The number of rotatable bonds is 2. The average molecular weight is 255 g/mol. The van der Waals surface area contributed by atoms with Gasteiger partial charge in [-0.05, 0) is 67.1 Å². The van der Waals surface area contributed by atoms with Gasteiger partial charge in [0.1, 0.15) is 0 Å². The predicted molar refractivity (Wildman–Crippen MR) is 75.6 cm³/mol. The van der Waals surface area contributed by atoms with Crippen LogP contribution in [0.4, 0.5) is 0 Å². The van der Waals surface area contributed by atoms with Crippen molar-refractivity contribution in [2.75, 3.05) is 0 Å². The minimum atomic E-state index is -0.943. The van der Waals surface area contributed by atoms with E-state index < -0.39 is 5.97 Å². The molecular formula is C16H17NO2. The van der Waals surface area contributed by atoms with E-state index in [0.29, 0.717) is 0 Å². The fraction of sp³-hybridized carbons (Fsp3) is 0.250. The summed E-state index contributed by atoms with van der Waals surface area (Å²) in [5.74, 6) is -0.943. The van der Waals surface area contributed by atoms with Crippen LogP contribution in [0.3, 0.4) is 0 Å². The fourth-order valence-corrected chi connectivity index (χ4v) is 2.40. The number of carboxylic acid groups (broad SMARTS) is 1. The Bertz CT molecular complexity index is 634. The summed E-state index contributed by atoms with van der Waals surface area (Å²) in [7, 11) is 0. The van der Waals surface area contributed by atoms with E-state index in [0.717, 1.165) is 22.3 Å². The van der Waals surface area contributed by atoms with Crippen molar-refractivity contribution in [1.82, 2.24) is 4.98 Å². The van der Waals surface area contributed by atoms with Crippen molar-refractivity contribution in [3.8, 4) is 11.1 Å². The van der Waals surface area contributed by atoms with Gasteiger partial charge >= 0.3 is 5.97 Å². The molecule has 1 heterocycles. The van der Waals surface area contributed by atoms with Crippen molar-refractivity contribution < 1.29 is 9.90 Å². The number of benzene rings is 1. The lowest BCUT2D eigenvalue weighted by Crippen LogP contribution is -2.03. The molecule has 0 bridgehead atoms. The van der Waals surface area contributed by atoms with Crippen molar-refractivity contribution in [1.29, 1.82) is 0 Å². The van der Waals surface area contributed by atoms with Gasteiger partial charge in [-0.3, -0.25) is 4.98 Å². The third-order valence-corrected chi connectivity index (χ3v) is 3.69. The molecule has 3 heteroatoms. The Morgan fingerprint density at radius 1 is 1.11 bits per heavy atom. The Balaban J connectivity index is 2.83. The van der Waals surface area contributed by atoms with Crippen LogP contribution in [0.1, 0.15) is 32.6 Å². The maximum atomic E-state index is 11.3. The molecule has 1 N–H and O–H groups in total. The van der Waals surface area contributed by atoms with E-state index in [1.54, 1.807) is 12.3 Å². The van der Waals surface area contributed by atoms with Gasteiger partial charge < -0.3 is 5.11 Å². The predicted octanol–water partition coefficient (Wildman–Crippen LogP) is 3.68. The highest BCUT2D eigenvalue weighted by atomic mass is 16.4. The number of carbonyl (C=O) groups is 1. The maximum absolute atomic E-state index is 11.3. The second-order valence-electron chi connectivity index (χ2n) is 4.86. The van der Waals surface area contributed by atoms with Gasteiger partial charge in [-0.15, -0.1) is 0 Å². The highest BCUT2D eigenvalue weighted by Gasteiger charge is 2.17. The van der Waals surface area contributed by atoms with Gasteiger partial charge in [0.2, 0.25) is 0 Å². The van der Waals surface area contributed by atoms with Crippen LogP contribution in [-0.4, -0.2) is 16.1 Å². The topological polar surface area (TPSA) is 50.2 Å². The summed E-state index contributed by atoms with van der Waals surface area (Å²) in [6, 6.07) is 3.91. The summed E-state index contributed by atoms with van der Waals surface area (Å²) in [5, 5.41) is 9.31. The molecule has 3 nitrogen and oxygen atoms in total. The van der Waals surface area contributed by atoms with Crippen molar-refractivity contribution in [3.63, 3.8) is 0 Å². The van der Waals surface area contributed by atoms with Crippen LogP contribution in [0.15, 0.2) is 24.5 Å². The second kappa shape index (κ2) is 4.84. The summed E-state index contributed by atoms with van der Waals surface area (Å²) in [4.78, 5) is 15.3. The first-order valence-corrected chi connectivity index (χ1v) is 6.18. The molecule has 0 spiro atoms. The molecule has 19 heavy (non-hydrogen) atoms. The molecule has 2 rings (SSSR count). The minimum absolute atomic E-state index is 0.249. The highest BCUT2D eigenvalue weighted by molar-refractivity contribution is 5.96. The van der Waals surface area contributed by atoms with Crippen LogP contribution < -0.4 is 0 Å². The van der Waals surface area contributed by atoms with E-state index in [4.69, 9.17) is 0 Å². The average Bonchev–Trinajstić information content (AvgIpc) is 2.37. The Morgan fingerprint density at radius 3 is 2.21 bits per heavy atom. The third-order valence-electron chi connectivity index (χ3n) is 3.69. The molecular weight excluding hydrogens is 238 g/mol. The molecule has 0 radical (unpaired) electrons. The van der Waals surface area contributed by atoms with Gasteiger partial charge in [-0.25, -0.2) is 4.79 Å². The van der Waals surface area contributed by atoms with Gasteiger partial charge in [0.25, 0.3) is 0 Å². The smallest absolute Gasteiger partial charge is 0.337 e. The van der Waals surface area contributed by atoms with Gasteiger partial charge in [0.05, 0.1) is 5.56 Å². The summed E-state index contributed by atoms with van der Waals surface area (Å²) in [6.45, 7) is 8.16. The molecule has 0 saturated heterocycles. The Labute approximate surface area is 112 Å². The van der Waals surface area contributed by atoms with Crippen LogP contribution in [0.5, 0.6) is 0 Å². The lowest BCUT2D eigenvalue weighted by Gasteiger charge is -2.16. The summed E-state index contributed by atoms with van der Waals surface area (Å²) in [6.07, 6.45) is 3.05. The number of hydrogen-bond donors (Lipinski definition) is 1. The van der Waals surface area contributed by atoms with Crippen molar-refractivity contribution >= 4 is 5.97 Å². The van der Waals surface area contributed by atoms with Crippen LogP contribution in [0, 0.1) is 27.7 Å². The first kappa shape index (κ1) is 13.3. The van der Waals surface area contributed by atoms with Crippen molar-refractivity contribution in [3.05, 3.63) is 52.3 Å². The fourth-order valence-electron chi connectivity index (χ4n) is 2.40. The normalized spacial score (nSPS) is 10.5. The molecule has 2 aromatic rings. The number of hydrogen-bond acceptors (Lipinski definition) is 2. The van der Waals surface area contributed by atoms with Crippen LogP contribution in [-0.2, 0) is 0 Å².